The first-order valence-corrected chi connectivity index (χ1v) is 27.4. The zero-order valence-corrected chi connectivity index (χ0v) is 44.0. The summed E-state index contributed by atoms with van der Waals surface area (Å²) in [5.74, 6) is -2.29. The van der Waals surface area contributed by atoms with Gasteiger partial charge in [-0.2, -0.15) is 0 Å². The van der Waals surface area contributed by atoms with Crippen LogP contribution in [-0.4, -0.2) is 82.3 Å². The van der Waals surface area contributed by atoms with Crippen molar-refractivity contribution in [2.24, 2.45) is 0 Å². The first-order valence-electron chi connectivity index (χ1n) is 27.4. The summed E-state index contributed by atoms with van der Waals surface area (Å²) >= 11 is 0. The lowest BCUT2D eigenvalue weighted by Crippen LogP contribution is -2.44. The van der Waals surface area contributed by atoms with E-state index in [1.54, 1.807) is 0 Å². The molecule has 9 heteroatoms. The molecule has 0 aliphatic heterocycles. The number of carboxylic acid groups (broad SMARTS) is 1. The summed E-state index contributed by atoms with van der Waals surface area (Å²) in [5.41, 5.74) is 0. The van der Waals surface area contributed by atoms with E-state index in [-0.39, 0.29) is 32.2 Å². The van der Waals surface area contributed by atoms with Gasteiger partial charge in [0.2, 0.25) is 0 Å². The summed E-state index contributed by atoms with van der Waals surface area (Å²) in [7, 11) is 5.91. The zero-order valence-electron chi connectivity index (χ0n) is 44.0. The third kappa shape index (κ3) is 50.7. The summed E-state index contributed by atoms with van der Waals surface area (Å²) in [6.45, 7) is 4.64. The monoisotopic (exact) mass is 942 g/mol. The molecule has 0 aliphatic rings. The van der Waals surface area contributed by atoms with Crippen molar-refractivity contribution in [1.29, 1.82) is 0 Å². The van der Waals surface area contributed by atoms with E-state index in [1.165, 1.54) is 122 Å². The number of hydrogen-bond donors (Lipinski definition) is 0. The SMILES string of the molecule is CC/C=C\C/C=C\C/C=C\C/C=C\C/C=C\CCCCCCCCCC(=O)OC(COC(=O)CCCCCCCCCCCCCCCCCCCCC)COC(OCC[N+](C)(C)C)C(=O)[O-]. The number of carbonyl (C=O) groups excluding carboxylic acids is 3. The summed E-state index contributed by atoms with van der Waals surface area (Å²) in [6.07, 6.45) is 58.2. The van der Waals surface area contributed by atoms with Crippen LogP contribution in [0, 0.1) is 0 Å². The summed E-state index contributed by atoms with van der Waals surface area (Å²) in [4.78, 5) is 37.2. The Bertz CT molecular complexity index is 1280. The fourth-order valence-electron chi connectivity index (χ4n) is 7.56. The summed E-state index contributed by atoms with van der Waals surface area (Å²) < 4.78 is 22.7. The Kier molecular flexibility index (Phi) is 47.2. The molecular formula is C58H103NO8. The van der Waals surface area contributed by atoms with E-state index >= 15 is 0 Å². The lowest BCUT2D eigenvalue weighted by Gasteiger charge is -2.26. The predicted molar refractivity (Wildman–Crippen MR) is 278 cm³/mol. The van der Waals surface area contributed by atoms with Crippen LogP contribution in [0.4, 0.5) is 0 Å². The van der Waals surface area contributed by atoms with Gasteiger partial charge in [-0.25, -0.2) is 0 Å². The Balaban J connectivity index is 4.32. The maximum atomic E-state index is 12.8. The molecule has 0 aliphatic carbocycles. The fourth-order valence-corrected chi connectivity index (χ4v) is 7.56. The molecule has 0 aromatic heterocycles. The first kappa shape index (κ1) is 64.0. The Morgan fingerprint density at radius 2 is 0.851 bits per heavy atom. The Hall–Kier alpha value is -3.01. The molecule has 0 bridgehead atoms. The molecule has 0 aromatic rings. The second-order valence-electron chi connectivity index (χ2n) is 19.5. The van der Waals surface area contributed by atoms with Gasteiger partial charge >= 0.3 is 11.9 Å². The highest BCUT2D eigenvalue weighted by Crippen LogP contribution is 2.16. The Labute approximate surface area is 412 Å². The van der Waals surface area contributed by atoms with Gasteiger partial charge < -0.3 is 33.3 Å². The standard InChI is InChI=1S/C58H103NO8/c1-6-8-10-12-14-16-18-20-22-24-26-27-28-29-31-33-35-37-39-41-43-45-47-49-56(61)67-54(53-66-58(57(62)63)64-51-50-59(3,4)5)52-65-55(60)48-46-44-42-40-38-36-34-32-30-25-23-21-19-17-15-13-11-9-7-2/h8,10,14,16,20,22,26-27,29,31,54,58H,6-7,9,11-13,15,17-19,21,23-25,28,30,32-53H2,1-5H3/b10-8-,16-14-,22-20-,27-26-,31-29-. The van der Waals surface area contributed by atoms with E-state index in [0.717, 1.165) is 77.0 Å². The minimum absolute atomic E-state index is 0.144. The lowest BCUT2D eigenvalue weighted by molar-refractivity contribution is -0.870. The predicted octanol–water partition coefficient (Wildman–Crippen LogP) is 14.3. The topological polar surface area (TPSA) is 111 Å². The van der Waals surface area contributed by atoms with Gasteiger partial charge in [-0.1, -0.05) is 222 Å². The Morgan fingerprint density at radius 1 is 0.463 bits per heavy atom. The number of rotatable bonds is 50. The molecule has 0 saturated carbocycles. The van der Waals surface area contributed by atoms with Crippen molar-refractivity contribution in [3.05, 3.63) is 60.8 Å². The van der Waals surface area contributed by atoms with Gasteiger partial charge in [0.15, 0.2) is 12.4 Å². The maximum Gasteiger partial charge on any atom is 0.306 e. The van der Waals surface area contributed by atoms with Gasteiger partial charge in [0, 0.05) is 12.8 Å². The maximum absolute atomic E-state index is 12.8. The zero-order chi connectivity index (χ0) is 49.2. The van der Waals surface area contributed by atoms with Crippen LogP contribution in [0.25, 0.3) is 0 Å². The second kappa shape index (κ2) is 49.4. The number of ether oxygens (including phenoxy) is 4. The highest BCUT2D eigenvalue weighted by Gasteiger charge is 2.22. The third-order valence-corrected chi connectivity index (χ3v) is 11.8. The minimum atomic E-state index is -1.62. The smallest absolute Gasteiger partial charge is 0.306 e. The molecular weight excluding hydrogens is 839 g/mol. The van der Waals surface area contributed by atoms with Crippen molar-refractivity contribution in [2.75, 3.05) is 47.5 Å². The molecule has 388 valence electrons. The molecule has 0 rings (SSSR count). The average molecular weight is 942 g/mol. The van der Waals surface area contributed by atoms with Crippen LogP contribution < -0.4 is 5.11 Å². The molecule has 67 heavy (non-hydrogen) atoms. The van der Waals surface area contributed by atoms with Gasteiger partial charge in [-0.15, -0.1) is 0 Å². The van der Waals surface area contributed by atoms with Crippen molar-refractivity contribution >= 4 is 17.9 Å². The van der Waals surface area contributed by atoms with Gasteiger partial charge in [-0.05, 0) is 57.8 Å². The third-order valence-electron chi connectivity index (χ3n) is 11.8. The molecule has 2 atom stereocenters. The van der Waals surface area contributed by atoms with E-state index in [4.69, 9.17) is 18.9 Å². The lowest BCUT2D eigenvalue weighted by atomic mass is 10.0. The number of carboxylic acids is 1. The average Bonchev–Trinajstić information content (AvgIpc) is 3.29. The number of allylic oxidation sites excluding steroid dienone is 10. The number of nitrogens with zero attached hydrogens (tertiary/aromatic N) is 1. The van der Waals surface area contributed by atoms with E-state index < -0.39 is 24.3 Å². The van der Waals surface area contributed by atoms with Crippen molar-refractivity contribution < 1.29 is 42.9 Å². The largest absolute Gasteiger partial charge is 0.545 e. The van der Waals surface area contributed by atoms with Crippen molar-refractivity contribution in [2.45, 2.75) is 245 Å². The Morgan fingerprint density at radius 3 is 1.27 bits per heavy atom. The number of quaternary nitrogens is 1. The van der Waals surface area contributed by atoms with Gasteiger partial charge in [0.1, 0.15) is 13.2 Å². The molecule has 0 N–H and O–H groups in total. The van der Waals surface area contributed by atoms with Crippen LogP contribution >= 0.6 is 0 Å². The highest BCUT2D eigenvalue weighted by atomic mass is 16.7. The first-order chi connectivity index (χ1) is 32.6. The van der Waals surface area contributed by atoms with E-state index in [1.807, 2.05) is 21.1 Å². The quantitative estimate of drug-likeness (QED) is 0.0195. The molecule has 0 radical (unpaired) electrons. The number of likely N-dealkylation sites (N-methyl/N-ethyl adjacent to an activating group) is 1. The molecule has 0 spiro atoms. The second-order valence-corrected chi connectivity index (χ2v) is 19.5. The number of unbranched alkanes of at least 4 members (excludes halogenated alkanes) is 25. The van der Waals surface area contributed by atoms with Crippen LogP contribution in [-0.2, 0) is 33.3 Å². The van der Waals surface area contributed by atoms with E-state index in [2.05, 4.69) is 74.6 Å². The number of hydrogen-bond acceptors (Lipinski definition) is 8. The molecule has 0 fully saturated rings. The molecule has 0 heterocycles. The minimum Gasteiger partial charge on any atom is -0.545 e. The molecule has 0 amide bonds. The van der Waals surface area contributed by atoms with Crippen LogP contribution in [0.15, 0.2) is 60.8 Å². The molecule has 0 saturated heterocycles. The van der Waals surface area contributed by atoms with Crippen molar-refractivity contribution in [3.63, 3.8) is 0 Å². The summed E-state index contributed by atoms with van der Waals surface area (Å²) in [6, 6.07) is 0. The van der Waals surface area contributed by atoms with Crippen LogP contribution in [0.2, 0.25) is 0 Å². The van der Waals surface area contributed by atoms with Gasteiger partial charge in [0.25, 0.3) is 0 Å². The number of aliphatic carboxylic acids is 1. The van der Waals surface area contributed by atoms with E-state index in [9.17, 15) is 19.5 Å². The molecule has 9 nitrogen and oxygen atoms in total. The van der Waals surface area contributed by atoms with Crippen LogP contribution in [0.3, 0.4) is 0 Å². The van der Waals surface area contributed by atoms with Crippen LogP contribution in [0.5, 0.6) is 0 Å². The molecule has 2 unspecified atom stereocenters. The fraction of sp³-hybridized carbons (Fsp3) is 0.776. The normalized spacial score (nSPS) is 13.3. The van der Waals surface area contributed by atoms with E-state index in [0.29, 0.717) is 23.9 Å². The number of carbonyl (C=O) groups is 3. The van der Waals surface area contributed by atoms with Gasteiger partial charge in [0.05, 0.1) is 40.3 Å². The van der Waals surface area contributed by atoms with Gasteiger partial charge in [-0.3, -0.25) is 9.59 Å². The van der Waals surface area contributed by atoms with Crippen molar-refractivity contribution in [1.82, 2.24) is 0 Å². The highest BCUT2D eigenvalue weighted by molar-refractivity contribution is 5.70. The van der Waals surface area contributed by atoms with Crippen LogP contribution in [0.1, 0.15) is 232 Å². The molecule has 0 aromatic carbocycles. The summed E-state index contributed by atoms with van der Waals surface area (Å²) in [5, 5.41) is 11.8. The van der Waals surface area contributed by atoms with Crippen molar-refractivity contribution in [3.8, 4) is 0 Å². The number of esters is 2.